The molecule has 0 rings (SSSR count). The van der Waals surface area contributed by atoms with E-state index in [2.05, 4.69) is 13.8 Å². The summed E-state index contributed by atoms with van der Waals surface area (Å²) in [6.07, 6.45) is 13.2. The average Bonchev–Trinajstić information content (AvgIpc) is 2.37. The van der Waals surface area contributed by atoms with E-state index < -0.39 is 0 Å². The molecule has 0 aromatic carbocycles. The number of hydrogen-bond acceptors (Lipinski definition) is 2. The minimum atomic E-state index is -0.159. The Labute approximate surface area is 142 Å². The third-order valence-corrected chi connectivity index (χ3v) is 2.82. The summed E-state index contributed by atoms with van der Waals surface area (Å²) in [6.45, 7) is 5.11. The van der Waals surface area contributed by atoms with Gasteiger partial charge in [-0.25, -0.2) is 0 Å². The first-order valence-electron chi connectivity index (χ1n) is 7.67. The summed E-state index contributed by atoms with van der Waals surface area (Å²) < 4.78 is 0. The fraction of sp³-hybridized carbons (Fsp3) is 0.933. The van der Waals surface area contributed by atoms with Crippen molar-refractivity contribution in [1.29, 1.82) is 0 Å². The van der Waals surface area contributed by atoms with E-state index in [1.807, 2.05) is 0 Å². The van der Waals surface area contributed by atoms with E-state index in [0.717, 1.165) is 25.8 Å². The molecule has 0 fully saturated rings. The van der Waals surface area contributed by atoms with Crippen molar-refractivity contribution in [3.8, 4) is 0 Å². The van der Waals surface area contributed by atoms with E-state index in [0.29, 0.717) is 6.42 Å². The molecule has 0 bridgehead atoms. The Bertz CT molecular complexity index is 164. The zero-order chi connectivity index (χ0) is 14.1. The molecule has 0 spiro atoms. The van der Waals surface area contributed by atoms with Crippen molar-refractivity contribution in [1.82, 2.24) is 0 Å². The third kappa shape index (κ3) is 32.2. The van der Waals surface area contributed by atoms with Crippen molar-refractivity contribution in [2.75, 3.05) is 6.54 Å². The zero-order valence-corrected chi connectivity index (χ0v) is 12.5. The van der Waals surface area contributed by atoms with Gasteiger partial charge in [0, 0.05) is 6.42 Å². The van der Waals surface area contributed by atoms with Crippen LogP contribution in [0.3, 0.4) is 0 Å². The van der Waals surface area contributed by atoms with Crippen LogP contribution in [0.25, 0.3) is 0 Å². The summed E-state index contributed by atoms with van der Waals surface area (Å²) >= 11 is 0. The predicted octanol–water partition coefficient (Wildman–Crippen LogP) is 3.10. The molecule has 0 saturated heterocycles. The second-order valence-corrected chi connectivity index (χ2v) is 4.83. The Balaban J connectivity index is -0.000000448. The Kier molecular flexibility index (Phi) is 30.3. The third-order valence-electron chi connectivity index (χ3n) is 2.82. The fourth-order valence-corrected chi connectivity index (χ4v) is 1.61. The number of carbonyl (C=O) groups is 1. The Morgan fingerprint density at radius 3 is 1.47 bits per heavy atom. The van der Waals surface area contributed by atoms with Gasteiger partial charge in [-0.3, -0.25) is 4.79 Å². The molecule has 0 aliphatic carbocycles. The van der Waals surface area contributed by atoms with E-state index in [1.54, 1.807) is 0 Å². The standard InChI is InChI=1S/C12H25NO.C3H9N.Na.H/c1-2-3-4-5-6-7-8-9-10-11-12(13)14;1-2-3-4;;/h2-11H2,1H3,(H2,13,14);2-4H2,1H3;;. The van der Waals surface area contributed by atoms with Crippen LogP contribution in [0, 0.1) is 0 Å². The van der Waals surface area contributed by atoms with Crippen LogP contribution in [0.5, 0.6) is 0 Å². The summed E-state index contributed by atoms with van der Waals surface area (Å²) in [5.74, 6) is -0.159. The SMILES string of the molecule is CCCCCCCCCCCC(N)=O.CCCN.[NaH]. The van der Waals surface area contributed by atoms with Gasteiger partial charge in [0.15, 0.2) is 0 Å². The fourth-order valence-electron chi connectivity index (χ4n) is 1.61. The number of nitrogens with two attached hydrogens (primary N) is 2. The molecule has 0 aromatic rings. The number of unbranched alkanes of at least 4 members (excludes halogenated alkanes) is 8. The average molecular weight is 282 g/mol. The summed E-state index contributed by atoms with van der Waals surface area (Å²) in [7, 11) is 0. The van der Waals surface area contributed by atoms with Crippen LogP contribution in [0.2, 0.25) is 0 Å². The zero-order valence-electron chi connectivity index (χ0n) is 12.5. The summed E-state index contributed by atoms with van der Waals surface area (Å²) in [5, 5.41) is 0. The molecule has 19 heavy (non-hydrogen) atoms. The van der Waals surface area contributed by atoms with Gasteiger partial charge in [0.1, 0.15) is 0 Å². The normalized spacial score (nSPS) is 9.21. The maximum atomic E-state index is 10.4. The van der Waals surface area contributed by atoms with Crippen LogP contribution >= 0.6 is 0 Å². The predicted molar refractivity (Wildman–Crippen MR) is 87.5 cm³/mol. The maximum absolute atomic E-state index is 10.4. The van der Waals surface area contributed by atoms with E-state index in [4.69, 9.17) is 11.5 Å². The molecule has 4 heteroatoms. The Morgan fingerprint density at radius 1 is 0.789 bits per heavy atom. The number of rotatable bonds is 11. The number of primary amides is 1. The molecule has 0 radical (unpaired) electrons. The van der Waals surface area contributed by atoms with Gasteiger partial charge in [0.25, 0.3) is 0 Å². The summed E-state index contributed by atoms with van der Waals surface area (Å²) in [5.41, 5.74) is 10.1. The van der Waals surface area contributed by atoms with Crippen LogP contribution < -0.4 is 11.5 Å². The van der Waals surface area contributed by atoms with Crippen molar-refractivity contribution >= 4 is 35.5 Å². The van der Waals surface area contributed by atoms with Gasteiger partial charge in [-0.05, 0) is 19.4 Å². The van der Waals surface area contributed by atoms with Gasteiger partial charge in [-0.1, -0.05) is 65.2 Å². The molecule has 0 aliphatic heterocycles. The van der Waals surface area contributed by atoms with E-state index in [9.17, 15) is 4.79 Å². The van der Waals surface area contributed by atoms with Crippen molar-refractivity contribution in [2.24, 2.45) is 11.5 Å². The number of carbonyl (C=O) groups excluding carboxylic acids is 1. The molecule has 0 heterocycles. The first-order valence-corrected chi connectivity index (χ1v) is 7.67. The molecule has 3 nitrogen and oxygen atoms in total. The Hall–Kier alpha value is 0.430. The van der Waals surface area contributed by atoms with Crippen LogP contribution in [-0.4, -0.2) is 42.0 Å². The monoisotopic (exact) mass is 282 g/mol. The second kappa shape index (κ2) is 23.5. The van der Waals surface area contributed by atoms with Gasteiger partial charge >= 0.3 is 29.6 Å². The molecule has 0 unspecified atom stereocenters. The first-order chi connectivity index (χ1) is 8.68. The molecule has 0 atom stereocenters. The van der Waals surface area contributed by atoms with Gasteiger partial charge in [0.2, 0.25) is 5.91 Å². The van der Waals surface area contributed by atoms with Crippen molar-refractivity contribution in [3.05, 3.63) is 0 Å². The van der Waals surface area contributed by atoms with Gasteiger partial charge in [-0.2, -0.15) is 0 Å². The van der Waals surface area contributed by atoms with Gasteiger partial charge < -0.3 is 11.5 Å². The molecule has 1 amide bonds. The van der Waals surface area contributed by atoms with E-state index in [1.165, 1.54) is 44.9 Å². The van der Waals surface area contributed by atoms with Crippen LogP contribution in [0.1, 0.15) is 84.5 Å². The second-order valence-electron chi connectivity index (χ2n) is 4.83. The van der Waals surface area contributed by atoms with Crippen LogP contribution in [0.15, 0.2) is 0 Å². The van der Waals surface area contributed by atoms with Crippen LogP contribution in [0.4, 0.5) is 0 Å². The van der Waals surface area contributed by atoms with Crippen molar-refractivity contribution < 1.29 is 4.79 Å². The van der Waals surface area contributed by atoms with E-state index in [-0.39, 0.29) is 35.5 Å². The van der Waals surface area contributed by atoms with Crippen LogP contribution in [-0.2, 0) is 4.79 Å². The molecule has 0 saturated carbocycles. The quantitative estimate of drug-likeness (QED) is 0.451. The molecule has 112 valence electrons. The van der Waals surface area contributed by atoms with Crippen molar-refractivity contribution in [3.63, 3.8) is 0 Å². The molecular weight excluding hydrogens is 247 g/mol. The van der Waals surface area contributed by atoms with Crippen molar-refractivity contribution in [2.45, 2.75) is 84.5 Å². The van der Waals surface area contributed by atoms with Gasteiger partial charge in [-0.15, -0.1) is 0 Å². The number of amides is 1. The first kappa shape index (κ1) is 24.4. The number of hydrogen-bond donors (Lipinski definition) is 2. The molecular formula is C15H35N2NaO. The molecule has 0 aliphatic rings. The molecule has 0 aromatic heterocycles. The molecule has 4 N–H and O–H groups in total. The summed E-state index contributed by atoms with van der Waals surface area (Å²) in [6, 6.07) is 0. The van der Waals surface area contributed by atoms with Gasteiger partial charge in [0.05, 0.1) is 0 Å². The van der Waals surface area contributed by atoms with E-state index >= 15 is 0 Å². The topological polar surface area (TPSA) is 69.1 Å². The minimum absolute atomic E-state index is 0. The summed E-state index contributed by atoms with van der Waals surface area (Å²) in [4.78, 5) is 10.4. The Morgan fingerprint density at radius 2 is 1.16 bits per heavy atom.